The Bertz CT molecular complexity index is 468. The second-order valence-electron chi connectivity index (χ2n) is 4.80. The number of hydrogen-bond donors (Lipinski definition) is 2. The number of ether oxygens (including phenoxy) is 1. The van der Waals surface area contributed by atoms with Crippen LogP contribution in [0.4, 0.5) is 10.5 Å². The van der Waals surface area contributed by atoms with Crippen LogP contribution in [-0.4, -0.2) is 44.2 Å². The molecule has 0 saturated carbocycles. The summed E-state index contributed by atoms with van der Waals surface area (Å²) in [5, 5.41) is 6.21. The molecule has 0 unspecified atom stereocenters. The number of carbonyl (C=O) groups excluding carboxylic acids is 1. The van der Waals surface area contributed by atoms with Crippen LogP contribution >= 0.6 is 0 Å². The van der Waals surface area contributed by atoms with Crippen LogP contribution in [0.3, 0.4) is 0 Å². The van der Waals surface area contributed by atoms with Crippen LogP contribution in [0.5, 0.6) is 5.75 Å². The smallest absolute Gasteiger partial charge is 0.321 e. The minimum atomic E-state index is -0.0332. The Hall–Kier alpha value is -1.75. The highest BCUT2D eigenvalue weighted by atomic mass is 16.5. The number of methoxy groups -OCH3 is 1. The molecule has 0 aliphatic carbocycles. The molecular weight excluding hydrogens is 242 g/mol. The first-order valence-corrected chi connectivity index (χ1v) is 6.53. The molecule has 0 atom stereocenters. The second kappa shape index (κ2) is 5.93. The zero-order chi connectivity index (χ0) is 13.8. The molecule has 1 aliphatic heterocycles. The molecule has 2 rings (SSSR count). The predicted octanol–water partition coefficient (Wildman–Crippen LogP) is 1.75. The van der Waals surface area contributed by atoms with Gasteiger partial charge in [0.1, 0.15) is 5.75 Å². The summed E-state index contributed by atoms with van der Waals surface area (Å²) in [6.45, 7) is 7.15. The maximum Gasteiger partial charge on any atom is 0.321 e. The van der Waals surface area contributed by atoms with Crippen molar-refractivity contribution in [1.82, 2.24) is 10.2 Å². The van der Waals surface area contributed by atoms with Crippen molar-refractivity contribution >= 4 is 11.7 Å². The molecule has 2 amide bonds. The Morgan fingerprint density at radius 3 is 2.58 bits per heavy atom. The van der Waals surface area contributed by atoms with E-state index in [9.17, 15) is 4.79 Å². The number of nitrogens with zero attached hydrogens (tertiary/aromatic N) is 1. The van der Waals surface area contributed by atoms with Crippen molar-refractivity contribution in [2.24, 2.45) is 0 Å². The Morgan fingerprint density at radius 2 is 1.95 bits per heavy atom. The lowest BCUT2D eigenvalue weighted by atomic mass is 10.1. The number of anilines is 1. The van der Waals surface area contributed by atoms with Crippen molar-refractivity contribution < 1.29 is 9.53 Å². The summed E-state index contributed by atoms with van der Waals surface area (Å²) in [6, 6.07) is 3.87. The molecule has 1 aliphatic rings. The van der Waals surface area contributed by atoms with Crippen molar-refractivity contribution in [1.29, 1.82) is 0 Å². The van der Waals surface area contributed by atoms with Gasteiger partial charge in [0.15, 0.2) is 0 Å². The maximum atomic E-state index is 12.1. The number of urea groups is 1. The Morgan fingerprint density at radius 1 is 1.26 bits per heavy atom. The van der Waals surface area contributed by atoms with Gasteiger partial charge in [0.2, 0.25) is 0 Å². The van der Waals surface area contributed by atoms with Gasteiger partial charge in [-0.05, 0) is 37.1 Å². The highest BCUT2D eigenvalue weighted by Gasteiger charge is 2.17. The minimum Gasteiger partial charge on any atom is -0.496 e. The normalized spacial score (nSPS) is 15.2. The standard InChI is InChI=1S/C14H21N3O2/c1-10-9-13(19-3)11(2)8-12(10)16-14(18)17-6-4-15-5-7-17/h8-9,15H,4-7H2,1-3H3,(H,16,18). The number of rotatable bonds is 2. The van der Waals surface area contributed by atoms with E-state index in [0.29, 0.717) is 0 Å². The van der Waals surface area contributed by atoms with Crippen LogP contribution in [-0.2, 0) is 0 Å². The lowest BCUT2D eigenvalue weighted by Gasteiger charge is -2.28. The molecule has 1 fully saturated rings. The van der Waals surface area contributed by atoms with Crippen molar-refractivity contribution in [3.05, 3.63) is 23.3 Å². The molecule has 104 valence electrons. The van der Waals surface area contributed by atoms with E-state index in [-0.39, 0.29) is 6.03 Å². The molecule has 0 radical (unpaired) electrons. The summed E-state index contributed by atoms with van der Waals surface area (Å²) in [5.41, 5.74) is 2.87. The zero-order valence-electron chi connectivity index (χ0n) is 11.7. The highest BCUT2D eigenvalue weighted by Crippen LogP contribution is 2.26. The number of nitrogens with one attached hydrogen (secondary N) is 2. The Labute approximate surface area is 113 Å². The highest BCUT2D eigenvalue weighted by molar-refractivity contribution is 5.90. The van der Waals surface area contributed by atoms with Gasteiger partial charge in [0.25, 0.3) is 0 Å². The fraction of sp³-hybridized carbons (Fsp3) is 0.500. The van der Waals surface area contributed by atoms with E-state index >= 15 is 0 Å². The molecular formula is C14H21N3O2. The molecule has 1 aromatic carbocycles. The molecule has 1 aromatic rings. The quantitative estimate of drug-likeness (QED) is 0.854. The molecule has 1 saturated heterocycles. The third kappa shape index (κ3) is 3.17. The average molecular weight is 263 g/mol. The Balaban J connectivity index is 2.10. The van der Waals surface area contributed by atoms with E-state index in [4.69, 9.17) is 4.74 Å². The van der Waals surface area contributed by atoms with Gasteiger partial charge in [-0.3, -0.25) is 0 Å². The number of benzene rings is 1. The first-order chi connectivity index (χ1) is 9.11. The van der Waals surface area contributed by atoms with Crippen LogP contribution in [0.1, 0.15) is 11.1 Å². The van der Waals surface area contributed by atoms with Gasteiger partial charge in [-0.2, -0.15) is 0 Å². The number of amides is 2. The van der Waals surface area contributed by atoms with Crippen LogP contribution in [0.25, 0.3) is 0 Å². The summed E-state index contributed by atoms with van der Waals surface area (Å²) in [7, 11) is 1.65. The van der Waals surface area contributed by atoms with Crippen LogP contribution in [0.2, 0.25) is 0 Å². The minimum absolute atomic E-state index is 0.0332. The Kier molecular flexibility index (Phi) is 4.27. The molecule has 19 heavy (non-hydrogen) atoms. The first kappa shape index (κ1) is 13.7. The predicted molar refractivity (Wildman–Crippen MR) is 75.9 cm³/mol. The molecule has 5 nitrogen and oxygen atoms in total. The maximum absolute atomic E-state index is 12.1. The number of carbonyl (C=O) groups is 1. The molecule has 0 aromatic heterocycles. The second-order valence-corrected chi connectivity index (χ2v) is 4.80. The summed E-state index contributed by atoms with van der Waals surface area (Å²) in [5.74, 6) is 0.845. The number of aryl methyl sites for hydroxylation is 2. The van der Waals surface area contributed by atoms with Gasteiger partial charge < -0.3 is 20.3 Å². The summed E-state index contributed by atoms with van der Waals surface area (Å²) >= 11 is 0. The van der Waals surface area contributed by atoms with E-state index in [1.807, 2.05) is 30.9 Å². The average Bonchev–Trinajstić information content (AvgIpc) is 2.43. The van der Waals surface area contributed by atoms with Crippen LogP contribution in [0.15, 0.2) is 12.1 Å². The van der Waals surface area contributed by atoms with Crippen LogP contribution < -0.4 is 15.4 Å². The van der Waals surface area contributed by atoms with Crippen molar-refractivity contribution in [3.63, 3.8) is 0 Å². The van der Waals surface area contributed by atoms with E-state index in [0.717, 1.165) is 48.7 Å². The monoisotopic (exact) mass is 263 g/mol. The third-order valence-electron chi connectivity index (χ3n) is 3.39. The van der Waals surface area contributed by atoms with E-state index in [1.165, 1.54) is 0 Å². The number of hydrogen-bond acceptors (Lipinski definition) is 3. The topological polar surface area (TPSA) is 53.6 Å². The lowest BCUT2D eigenvalue weighted by molar-refractivity contribution is 0.204. The van der Waals surface area contributed by atoms with Crippen molar-refractivity contribution in [2.45, 2.75) is 13.8 Å². The molecule has 0 spiro atoms. The van der Waals surface area contributed by atoms with Crippen molar-refractivity contribution in [2.75, 3.05) is 38.6 Å². The molecule has 1 heterocycles. The fourth-order valence-corrected chi connectivity index (χ4v) is 2.21. The van der Waals surface area contributed by atoms with Crippen LogP contribution in [0, 0.1) is 13.8 Å². The van der Waals surface area contributed by atoms with Gasteiger partial charge in [-0.25, -0.2) is 4.79 Å². The van der Waals surface area contributed by atoms with E-state index < -0.39 is 0 Å². The van der Waals surface area contributed by atoms with Gasteiger partial charge in [0, 0.05) is 31.9 Å². The van der Waals surface area contributed by atoms with Gasteiger partial charge in [0.05, 0.1) is 7.11 Å². The summed E-state index contributed by atoms with van der Waals surface area (Å²) in [4.78, 5) is 14.0. The van der Waals surface area contributed by atoms with Gasteiger partial charge in [-0.1, -0.05) is 0 Å². The van der Waals surface area contributed by atoms with Crippen molar-refractivity contribution in [3.8, 4) is 5.75 Å². The van der Waals surface area contributed by atoms with Gasteiger partial charge in [-0.15, -0.1) is 0 Å². The third-order valence-corrected chi connectivity index (χ3v) is 3.39. The fourth-order valence-electron chi connectivity index (χ4n) is 2.21. The number of piperazine rings is 1. The van der Waals surface area contributed by atoms with E-state index in [1.54, 1.807) is 7.11 Å². The SMILES string of the molecule is COc1cc(C)c(NC(=O)N2CCNCC2)cc1C. The first-order valence-electron chi connectivity index (χ1n) is 6.53. The molecule has 0 bridgehead atoms. The molecule has 5 heteroatoms. The zero-order valence-corrected chi connectivity index (χ0v) is 11.7. The van der Waals surface area contributed by atoms with Gasteiger partial charge >= 0.3 is 6.03 Å². The summed E-state index contributed by atoms with van der Waals surface area (Å²) in [6.07, 6.45) is 0. The van der Waals surface area contributed by atoms with E-state index in [2.05, 4.69) is 10.6 Å². The molecule has 2 N–H and O–H groups in total. The largest absolute Gasteiger partial charge is 0.496 e. The lowest BCUT2D eigenvalue weighted by Crippen LogP contribution is -2.48. The summed E-state index contributed by atoms with van der Waals surface area (Å²) < 4.78 is 5.27.